The van der Waals surface area contributed by atoms with Crippen molar-refractivity contribution in [1.29, 1.82) is 0 Å². The van der Waals surface area contributed by atoms with Crippen LogP contribution in [0.2, 0.25) is 5.02 Å². The second-order valence-electron chi connectivity index (χ2n) is 4.23. The summed E-state index contributed by atoms with van der Waals surface area (Å²) >= 11 is 6.10. The number of benzene rings is 1. The average molecular weight is 255 g/mol. The zero-order valence-electron chi connectivity index (χ0n) is 10.1. The van der Waals surface area contributed by atoms with Crippen LogP contribution in [-0.4, -0.2) is 25.7 Å². The lowest BCUT2D eigenvalue weighted by atomic mass is 10.3. The lowest BCUT2D eigenvalue weighted by molar-refractivity contribution is 0.340. The van der Waals surface area contributed by atoms with Gasteiger partial charge in [0.1, 0.15) is 5.75 Å². The van der Waals surface area contributed by atoms with Gasteiger partial charge < -0.3 is 15.4 Å². The smallest absolute Gasteiger partial charge is 0.138 e. The van der Waals surface area contributed by atoms with Gasteiger partial charge in [-0.15, -0.1) is 0 Å². The molecule has 1 aromatic carbocycles. The van der Waals surface area contributed by atoms with Crippen molar-refractivity contribution in [3.63, 3.8) is 0 Å². The van der Waals surface area contributed by atoms with Gasteiger partial charge in [-0.25, -0.2) is 0 Å². The van der Waals surface area contributed by atoms with E-state index in [0.29, 0.717) is 11.6 Å². The van der Waals surface area contributed by atoms with Gasteiger partial charge in [-0.2, -0.15) is 0 Å². The van der Waals surface area contributed by atoms with Gasteiger partial charge in [-0.3, -0.25) is 0 Å². The highest BCUT2D eigenvalue weighted by atomic mass is 35.5. The van der Waals surface area contributed by atoms with Crippen molar-refractivity contribution in [2.45, 2.75) is 25.8 Å². The Bertz CT molecular complexity index is 366. The lowest BCUT2D eigenvalue weighted by Gasteiger charge is -2.10. The summed E-state index contributed by atoms with van der Waals surface area (Å²) in [5.74, 6) is 0.746. The first-order chi connectivity index (χ1) is 8.29. The molecular formula is C13H19ClN2O. The van der Waals surface area contributed by atoms with Crippen LogP contribution in [0.1, 0.15) is 19.8 Å². The van der Waals surface area contributed by atoms with E-state index in [9.17, 15) is 0 Å². The number of rotatable bonds is 7. The number of hydrogen-bond acceptors (Lipinski definition) is 3. The van der Waals surface area contributed by atoms with E-state index < -0.39 is 0 Å². The topological polar surface area (TPSA) is 33.3 Å². The van der Waals surface area contributed by atoms with Gasteiger partial charge in [0.25, 0.3) is 0 Å². The Morgan fingerprint density at radius 2 is 2.18 bits per heavy atom. The molecule has 0 atom stereocenters. The molecule has 4 heteroatoms. The van der Waals surface area contributed by atoms with Crippen molar-refractivity contribution in [2.24, 2.45) is 0 Å². The van der Waals surface area contributed by atoms with Crippen LogP contribution < -0.4 is 15.4 Å². The lowest BCUT2D eigenvalue weighted by Crippen LogP contribution is -2.23. The first-order valence-electron chi connectivity index (χ1n) is 6.19. The van der Waals surface area contributed by atoms with Gasteiger partial charge in [-0.1, -0.05) is 11.6 Å². The van der Waals surface area contributed by atoms with Gasteiger partial charge in [0.05, 0.1) is 11.6 Å². The molecule has 94 valence electrons. The van der Waals surface area contributed by atoms with Crippen LogP contribution in [0.5, 0.6) is 5.75 Å². The largest absolute Gasteiger partial charge is 0.492 e. The second-order valence-corrected chi connectivity index (χ2v) is 4.64. The minimum atomic E-state index is 0.637. The van der Waals surface area contributed by atoms with Crippen LogP contribution in [0.3, 0.4) is 0 Å². The Balaban J connectivity index is 1.77. The molecule has 0 radical (unpaired) electrons. The summed E-state index contributed by atoms with van der Waals surface area (Å²) in [6.07, 6.45) is 2.66. The minimum absolute atomic E-state index is 0.637. The van der Waals surface area contributed by atoms with Crippen LogP contribution >= 0.6 is 11.6 Å². The fourth-order valence-electron chi connectivity index (χ4n) is 1.65. The minimum Gasteiger partial charge on any atom is -0.492 e. The van der Waals surface area contributed by atoms with Crippen LogP contribution in [0, 0.1) is 0 Å². The highest BCUT2D eigenvalue weighted by Crippen LogP contribution is 2.27. The molecule has 0 amide bonds. The Hall–Kier alpha value is -0.930. The molecule has 0 unspecified atom stereocenters. The summed E-state index contributed by atoms with van der Waals surface area (Å²) in [4.78, 5) is 0. The van der Waals surface area contributed by atoms with E-state index in [1.165, 1.54) is 12.8 Å². The maximum absolute atomic E-state index is 6.10. The molecular weight excluding hydrogens is 236 g/mol. The molecule has 0 aromatic heterocycles. The second kappa shape index (κ2) is 6.12. The molecule has 1 aromatic rings. The number of nitrogens with one attached hydrogen (secondary N) is 2. The summed E-state index contributed by atoms with van der Waals surface area (Å²) < 4.78 is 5.38. The molecule has 0 saturated heterocycles. The highest BCUT2D eigenvalue weighted by molar-refractivity contribution is 6.32. The standard InChI is InChI=1S/C13H19ClN2O/c1-2-17-13-6-5-11(9-12(13)14)16-8-7-15-10-3-4-10/h5-6,9-10,15-16H,2-4,7-8H2,1H3. The summed E-state index contributed by atoms with van der Waals surface area (Å²) in [6.45, 7) is 4.50. The zero-order valence-corrected chi connectivity index (χ0v) is 10.9. The van der Waals surface area contributed by atoms with Crippen molar-refractivity contribution < 1.29 is 4.74 Å². The van der Waals surface area contributed by atoms with E-state index in [4.69, 9.17) is 16.3 Å². The predicted octanol–water partition coefficient (Wildman–Crippen LogP) is 2.90. The Morgan fingerprint density at radius 1 is 1.35 bits per heavy atom. The maximum atomic E-state index is 6.10. The molecule has 0 aliphatic heterocycles. The Morgan fingerprint density at radius 3 is 2.82 bits per heavy atom. The number of halogens is 1. The van der Waals surface area contributed by atoms with E-state index in [2.05, 4.69) is 10.6 Å². The first kappa shape index (κ1) is 12.5. The quantitative estimate of drug-likeness (QED) is 0.734. The van der Waals surface area contributed by atoms with Gasteiger partial charge in [0.2, 0.25) is 0 Å². The summed E-state index contributed by atoms with van der Waals surface area (Å²) in [5, 5.41) is 7.45. The normalized spacial score (nSPS) is 14.7. The summed E-state index contributed by atoms with van der Waals surface area (Å²) in [7, 11) is 0. The fourth-order valence-corrected chi connectivity index (χ4v) is 1.89. The van der Waals surface area contributed by atoms with Gasteiger partial charge in [0, 0.05) is 24.8 Å². The third kappa shape index (κ3) is 4.10. The highest BCUT2D eigenvalue weighted by Gasteiger charge is 2.19. The molecule has 17 heavy (non-hydrogen) atoms. The van der Waals surface area contributed by atoms with Gasteiger partial charge >= 0.3 is 0 Å². The molecule has 3 nitrogen and oxygen atoms in total. The summed E-state index contributed by atoms with van der Waals surface area (Å²) in [5.41, 5.74) is 1.04. The van der Waals surface area contributed by atoms with Crippen molar-refractivity contribution in [3.05, 3.63) is 23.2 Å². The average Bonchev–Trinajstić information content (AvgIpc) is 3.12. The SMILES string of the molecule is CCOc1ccc(NCCNC2CC2)cc1Cl. The van der Waals surface area contributed by atoms with E-state index in [1.54, 1.807) is 0 Å². The molecule has 0 spiro atoms. The third-order valence-electron chi connectivity index (χ3n) is 2.70. The molecule has 1 fully saturated rings. The van der Waals surface area contributed by atoms with Crippen LogP contribution in [0.4, 0.5) is 5.69 Å². The molecule has 2 N–H and O–H groups in total. The predicted molar refractivity (Wildman–Crippen MR) is 72.1 cm³/mol. The molecule has 0 bridgehead atoms. The van der Waals surface area contributed by atoms with Gasteiger partial charge in [0.15, 0.2) is 0 Å². The van der Waals surface area contributed by atoms with E-state index >= 15 is 0 Å². The third-order valence-corrected chi connectivity index (χ3v) is 2.99. The van der Waals surface area contributed by atoms with Crippen molar-refractivity contribution in [1.82, 2.24) is 5.32 Å². The molecule has 1 aliphatic carbocycles. The summed E-state index contributed by atoms with van der Waals surface area (Å²) in [6, 6.07) is 6.57. The van der Waals surface area contributed by atoms with E-state index in [-0.39, 0.29) is 0 Å². The van der Waals surface area contributed by atoms with Crippen LogP contribution in [-0.2, 0) is 0 Å². The van der Waals surface area contributed by atoms with Crippen molar-refractivity contribution in [2.75, 3.05) is 25.0 Å². The monoisotopic (exact) mass is 254 g/mol. The first-order valence-corrected chi connectivity index (χ1v) is 6.57. The molecule has 1 aliphatic rings. The van der Waals surface area contributed by atoms with E-state index in [1.807, 2.05) is 25.1 Å². The fraction of sp³-hybridized carbons (Fsp3) is 0.538. The van der Waals surface area contributed by atoms with Crippen LogP contribution in [0.15, 0.2) is 18.2 Å². The van der Waals surface area contributed by atoms with Crippen LogP contribution in [0.25, 0.3) is 0 Å². The molecule has 0 heterocycles. The van der Waals surface area contributed by atoms with Crippen molar-refractivity contribution in [3.8, 4) is 5.75 Å². The number of ether oxygens (including phenoxy) is 1. The van der Waals surface area contributed by atoms with Crippen molar-refractivity contribution >= 4 is 17.3 Å². The van der Waals surface area contributed by atoms with Gasteiger partial charge in [-0.05, 0) is 38.0 Å². The Kier molecular flexibility index (Phi) is 4.51. The molecule has 1 saturated carbocycles. The molecule has 2 rings (SSSR count). The number of anilines is 1. The van der Waals surface area contributed by atoms with E-state index in [0.717, 1.165) is 30.6 Å². The Labute approximate surface area is 107 Å². The zero-order chi connectivity index (χ0) is 12.1. The number of hydrogen-bond donors (Lipinski definition) is 2. The maximum Gasteiger partial charge on any atom is 0.138 e.